The van der Waals surface area contributed by atoms with E-state index in [-0.39, 0.29) is 5.69 Å². The highest BCUT2D eigenvalue weighted by Crippen LogP contribution is 2.29. The molecule has 3 aromatic rings. The second kappa shape index (κ2) is 4.53. The molecule has 0 saturated carbocycles. The number of fused-ring (bicyclic) bond motifs is 1. The summed E-state index contributed by atoms with van der Waals surface area (Å²) in [7, 11) is 0. The maximum Gasteiger partial charge on any atom is 0.272 e. The van der Waals surface area contributed by atoms with Crippen molar-refractivity contribution >= 4 is 28.3 Å². The zero-order valence-corrected chi connectivity index (χ0v) is 11.3. The van der Waals surface area contributed by atoms with Crippen LogP contribution in [-0.4, -0.2) is 20.6 Å². The molecule has 6 nitrogen and oxygen atoms in total. The average Bonchev–Trinajstić information content (AvgIpc) is 2.98. The molecule has 100 valence electrons. The van der Waals surface area contributed by atoms with Crippen molar-refractivity contribution in [3.8, 4) is 11.3 Å². The SMILES string of the molecule is Cc1ccc(-c2nc3sccn3c2C=O)cc1[N+](=O)[O-]. The first kappa shape index (κ1) is 12.5. The van der Waals surface area contributed by atoms with Gasteiger partial charge in [-0.05, 0) is 6.92 Å². The highest BCUT2D eigenvalue weighted by Gasteiger charge is 2.18. The van der Waals surface area contributed by atoms with Gasteiger partial charge in [-0.3, -0.25) is 19.3 Å². The molecule has 0 unspecified atom stereocenters. The molecular formula is C13H9N3O3S. The summed E-state index contributed by atoms with van der Waals surface area (Å²) in [5.41, 5.74) is 2.04. The molecule has 0 aliphatic carbocycles. The number of nitro benzene ring substituents is 1. The minimum atomic E-state index is -0.433. The lowest BCUT2D eigenvalue weighted by Gasteiger charge is -2.01. The Bertz CT molecular complexity index is 835. The summed E-state index contributed by atoms with van der Waals surface area (Å²) in [4.78, 5) is 26.9. The number of imidazole rings is 1. The lowest BCUT2D eigenvalue weighted by atomic mass is 10.1. The zero-order valence-electron chi connectivity index (χ0n) is 10.4. The number of benzene rings is 1. The van der Waals surface area contributed by atoms with Crippen molar-refractivity contribution in [2.75, 3.05) is 0 Å². The minimum Gasteiger partial charge on any atom is -0.296 e. The molecule has 7 heteroatoms. The Morgan fingerprint density at radius 2 is 2.25 bits per heavy atom. The van der Waals surface area contributed by atoms with Crippen molar-refractivity contribution in [3.63, 3.8) is 0 Å². The van der Waals surface area contributed by atoms with Crippen LogP contribution < -0.4 is 0 Å². The van der Waals surface area contributed by atoms with Gasteiger partial charge >= 0.3 is 0 Å². The molecule has 0 saturated heterocycles. The van der Waals surface area contributed by atoms with Crippen molar-refractivity contribution in [3.05, 3.63) is 51.1 Å². The van der Waals surface area contributed by atoms with Crippen LogP contribution in [0.25, 0.3) is 16.2 Å². The maximum atomic E-state index is 11.3. The number of carbonyl (C=O) groups is 1. The number of aldehydes is 1. The van der Waals surface area contributed by atoms with E-state index in [9.17, 15) is 14.9 Å². The van der Waals surface area contributed by atoms with Crippen molar-refractivity contribution < 1.29 is 9.72 Å². The summed E-state index contributed by atoms with van der Waals surface area (Å²) >= 11 is 1.41. The highest BCUT2D eigenvalue weighted by atomic mass is 32.1. The van der Waals surface area contributed by atoms with Crippen LogP contribution in [0.4, 0.5) is 5.69 Å². The molecule has 0 fully saturated rings. The number of nitrogens with zero attached hydrogens (tertiary/aromatic N) is 3. The van der Waals surface area contributed by atoms with Crippen LogP contribution in [0.2, 0.25) is 0 Å². The third-order valence-electron chi connectivity index (χ3n) is 3.09. The summed E-state index contributed by atoms with van der Waals surface area (Å²) in [6.07, 6.45) is 2.47. The molecule has 20 heavy (non-hydrogen) atoms. The number of thiazole rings is 1. The normalized spacial score (nSPS) is 10.8. The number of hydrogen-bond acceptors (Lipinski definition) is 5. The van der Waals surface area contributed by atoms with E-state index in [1.54, 1.807) is 29.7 Å². The molecule has 2 aromatic heterocycles. The standard InChI is InChI=1S/C13H9N3O3S/c1-8-2-3-9(6-10(8)16(18)19)12-11(7-17)15-4-5-20-13(15)14-12/h2-7H,1H3. The van der Waals surface area contributed by atoms with Crippen LogP contribution in [0.5, 0.6) is 0 Å². The number of nitro groups is 1. The van der Waals surface area contributed by atoms with Gasteiger partial charge in [-0.1, -0.05) is 12.1 Å². The summed E-state index contributed by atoms with van der Waals surface area (Å²) in [5, 5.41) is 12.8. The quantitative estimate of drug-likeness (QED) is 0.421. The predicted molar refractivity (Wildman–Crippen MR) is 75.3 cm³/mol. The number of hydrogen-bond donors (Lipinski definition) is 0. The smallest absolute Gasteiger partial charge is 0.272 e. The van der Waals surface area contributed by atoms with Gasteiger partial charge in [0.05, 0.1) is 4.92 Å². The Kier molecular flexibility index (Phi) is 2.83. The maximum absolute atomic E-state index is 11.3. The molecule has 0 spiro atoms. The van der Waals surface area contributed by atoms with Crippen LogP contribution in [0.3, 0.4) is 0 Å². The Labute approximate surface area is 117 Å². The number of aromatic nitrogens is 2. The van der Waals surface area contributed by atoms with E-state index in [1.165, 1.54) is 17.4 Å². The Hall–Kier alpha value is -2.54. The minimum absolute atomic E-state index is 0.0238. The van der Waals surface area contributed by atoms with Crippen LogP contribution in [0.1, 0.15) is 16.1 Å². The Balaban J connectivity index is 2.25. The van der Waals surface area contributed by atoms with Gasteiger partial charge in [0.2, 0.25) is 0 Å². The molecule has 0 atom stereocenters. The van der Waals surface area contributed by atoms with Crippen molar-refractivity contribution in [2.45, 2.75) is 6.92 Å². The van der Waals surface area contributed by atoms with Crippen LogP contribution >= 0.6 is 11.3 Å². The zero-order chi connectivity index (χ0) is 14.3. The lowest BCUT2D eigenvalue weighted by Crippen LogP contribution is -1.94. The average molecular weight is 287 g/mol. The fourth-order valence-corrected chi connectivity index (χ4v) is 2.80. The first-order valence-corrected chi connectivity index (χ1v) is 6.66. The van der Waals surface area contributed by atoms with Gasteiger partial charge in [-0.25, -0.2) is 4.98 Å². The van der Waals surface area contributed by atoms with Gasteiger partial charge in [-0.2, -0.15) is 0 Å². The van der Waals surface area contributed by atoms with Gasteiger partial charge in [0.25, 0.3) is 5.69 Å². The van der Waals surface area contributed by atoms with Gasteiger partial charge in [0.1, 0.15) is 11.4 Å². The van der Waals surface area contributed by atoms with E-state index in [2.05, 4.69) is 4.98 Å². The molecule has 3 rings (SSSR count). The number of aryl methyl sites for hydroxylation is 1. The van der Waals surface area contributed by atoms with Crippen molar-refractivity contribution in [1.29, 1.82) is 0 Å². The van der Waals surface area contributed by atoms with Gasteiger partial charge in [0, 0.05) is 28.8 Å². The molecule has 0 amide bonds. The van der Waals surface area contributed by atoms with Crippen LogP contribution in [0.15, 0.2) is 29.8 Å². The largest absolute Gasteiger partial charge is 0.296 e. The Morgan fingerprint density at radius 3 is 2.95 bits per heavy atom. The monoisotopic (exact) mass is 287 g/mol. The molecule has 0 N–H and O–H groups in total. The molecular weight excluding hydrogens is 278 g/mol. The fourth-order valence-electron chi connectivity index (χ4n) is 2.08. The first-order chi connectivity index (χ1) is 9.61. The van der Waals surface area contributed by atoms with Crippen LogP contribution in [-0.2, 0) is 0 Å². The van der Waals surface area contributed by atoms with E-state index in [1.807, 2.05) is 5.38 Å². The topological polar surface area (TPSA) is 77.5 Å². The summed E-state index contributed by atoms with van der Waals surface area (Å²) in [5.74, 6) is 0. The van der Waals surface area contributed by atoms with Crippen LogP contribution in [0, 0.1) is 17.0 Å². The van der Waals surface area contributed by atoms with E-state index < -0.39 is 4.92 Å². The number of carbonyl (C=O) groups excluding carboxylic acids is 1. The van der Waals surface area contributed by atoms with Gasteiger partial charge in [0.15, 0.2) is 11.2 Å². The fraction of sp³-hybridized carbons (Fsp3) is 0.0769. The molecule has 1 aromatic carbocycles. The molecule has 0 aliphatic heterocycles. The van der Waals surface area contributed by atoms with Gasteiger partial charge in [-0.15, -0.1) is 11.3 Å². The third-order valence-corrected chi connectivity index (χ3v) is 3.85. The molecule has 0 aliphatic rings. The Morgan fingerprint density at radius 1 is 1.45 bits per heavy atom. The molecule has 2 heterocycles. The molecule has 0 radical (unpaired) electrons. The van der Waals surface area contributed by atoms with E-state index >= 15 is 0 Å². The van der Waals surface area contributed by atoms with E-state index in [4.69, 9.17) is 0 Å². The lowest BCUT2D eigenvalue weighted by molar-refractivity contribution is -0.385. The summed E-state index contributed by atoms with van der Waals surface area (Å²) in [6, 6.07) is 4.85. The second-order valence-corrected chi connectivity index (χ2v) is 5.15. The second-order valence-electron chi connectivity index (χ2n) is 4.28. The third kappa shape index (κ3) is 1.79. The predicted octanol–water partition coefficient (Wildman–Crippen LogP) is 3.09. The van der Waals surface area contributed by atoms with Gasteiger partial charge < -0.3 is 0 Å². The first-order valence-electron chi connectivity index (χ1n) is 5.78. The highest BCUT2D eigenvalue weighted by molar-refractivity contribution is 7.15. The van der Waals surface area contributed by atoms with E-state index in [0.29, 0.717) is 33.8 Å². The van der Waals surface area contributed by atoms with E-state index in [0.717, 1.165) is 0 Å². The van der Waals surface area contributed by atoms with Crippen molar-refractivity contribution in [1.82, 2.24) is 9.38 Å². The summed E-state index contributed by atoms with van der Waals surface area (Å²) in [6.45, 7) is 1.67. The molecule has 0 bridgehead atoms. The number of rotatable bonds is 3. The summed E-state index contributed by atoms with van der Waals surface area (Å²) < 4.78 is 1.68. The van der Waals surface area contributed by atoms with Crippen molar-refractivity contribution in [2.24, 2.45) is 0 Å².